The van der Waals surface area contributed by atoms with E-state index in [0.717, 1.165) is 0 Å². The predicted molar refractivity (Wildman–Crippen MR) is 92.0 cm³/mol. The maximum absolute atomic E-state index is 14.7. The number of halogens is 2. The van der Waals surface area contributed by atoms with E-state index in [2.05, 4.69) is 5.10 Å². The van der Waals surface area contributed by atoms with Crippen LogP contribution in [0.5, 0.6) is 0 Å². The van der Waals surface area contributed by atoms with E-state index in [1.807, 2.05) is 0 Å². The van der Waals surface area contributed by atoms with E-state index in [1.54, 1.807) is 24.3 Å². The van der Waals surface area contributed by atoms with Crippen LogP contribution < -0.4 is 0 Å². The SMILES string of the molecule is O=Cc1cnn(-c2ccc(-c3ccc(F)cc3)c(F)c2)c1-c1ccco1. The highest BCUT2D eigenvalue weighted by Gasteiger charge is 2.17. The fourth-order valence-electron chi connectivity index (χ4n) is 2.80. The van der Waals surface area contributed by atoms with Crippen LogP contribution in [0.15, 0.2) is 71.5 Å². The van der Waals surface area contributed by atoms with Gasteiger partial charge in [-0.15, -0.1) is 0 Å². The summed E-state index contributed by atoms with van der Waals surface area (Å²) >= 11 is 0. The molecule has 0 saturated carbocycles. The van der Waals surface area contributed by atoms with Gasteiger partial charge in [0.1, 0.15) is 17.3 Å². The number of rotatable bonds is 4. The number of hydrogen-bond donors (Lipinski definition) is 0. The molecular weight excluding hydrogens is 338 g/mol. The molecule has 4 aromatic rings. The van der Waals surface area contributed by atoms with Crippen molar-refractivity contribution in [2.45, 2.75) is 0 Å². The minimum absolute atomic E-state index is 0.336. The lowest BCUT2D eigenvalue weighted by Crippen LogP contribution is -2.00. The summed E-state index contributed by atoms with van der Waals surface area (Å²) < 4.78 is 34.5. The average Bonchev–Trinajstić information content (AvgIpc) is 3.31. The van der Waals surface area contributed by atoms with Crippen LogP contribution in [0, 0.1) is 11.6 Å². The smallest absolute Gasteiger partial charge is 0.153 e. The molecule has 0 saturated heterocycles. The first-order valence-corrected chi connectivity index (χ1v) is 7.80. The number of carbonyl (C=O) groups excluding carboxylic acids is 1. The number of aromatic nitrogens is 2. The van der Waals surface area contributed by atoms with E-state index >= 15 is 0 Å². The topological polar surface area (TPSA) is 48.0 Å². The van der Waals surface area contributed by atoms with Gasteiger partial charge in [-0.25, -0.2) is 13.5 Å². The fourth-order valence-corrected chi connectivity index (χ4v) is 2.80. The third kappa shape index (κ3) is 2.71. The highest BCUT2D eigenvalue weighted by Crippen LogP contribution is 2.29. The average molecular weight is 350 g/mol. The lowest BCUT2D eigenvalue weighted by atomic mass is 10.0. The summed E-state index contributed by atoms with van der Waals surface area (Å²) in [5.74, 6) is -0.415. The van der Waals surface area contributed by atoms with Gasteiger partial charge in [0.15, 0.2) is 12.0 Å². The van der Waals surface area contributed by atoms with E-state index in [9.17, 15) is 13.6 Å². The van der Waals surface area contributed by atoms with Crippen LogP contribution in [0.25, 0.3) is 28.3 Å². The van der Waals surface area contributed by atoms with E-state index in [4.69, 9.17) is 4.42 Å². The van der Waals surface area contributed by atoms with E-state index < -0.39 is 5.82 Å². The summed E-state index contributed by atoms with van der Waals surface area (Å²) in [6.45, 7) is 0. The Morgan fingerprint density at radius 2 is 1.85 bits per heavy atom. The number of furan rings is 1. The van der Waals surface area contributed by atoms with E-state index in [-0.39, 0.29) is 5.82 Å². The summed E-state index contributed by atoms with van der Waals surface area (Å²) in [6.07, 6.45) is 3.56. The molecule has 2 aromatic heterocycles. The molecule has 0 aliphatic carbocycles. The minimum atomic E-state index is -0.484. The van der Waals surface area contributed by atoms with Crippen molar-refractivity contribution < 1.29 is 18.0 Å². The zero-order chi connectivity index (χ0) is 18.1. The molecule has 0 aliphatic rings. The second-order valence-corrected chi connectivity index (χ2v) is 5.63. The normalized spacial score (nSPS) is 10.8. The van der Waals surface area contributed by atoms with Gasteiger partial charge in [0, 0.05) is 11.6 Å². The number of carbonyl (C=O) groups is 1. The molecule has 0 aliphatic heterocycles. The van der Waals surface area contributed by atoms with Gasteiger partial charge < -0.3 is 4.42 Å². The van der Waals surface area contributed by atoms with Crippen LogP contribution in [0.3, 0.4) is 0 Å². The van der Waals surface area contributed by atoms with Gasteiger partial charge in [0.25, 0.3) is 0 Å². The Kier molecular flexibility index (Phi) is 3.93. The molecule has 26 heavy (non-hydrogen) atoms. The molecule has 0 fully saturated rings. The van der Waals surface area contributed by atoms with Crippen molar-refractivity contribution in [2.24, 2.45) is 0 Å². The highest BCUT2D eigenvalue weighted by molar-refractivity contribution is 5.85. The molecule has 4 nitrogen and oxygen atoms in total. The van der Waals surface area contributed by atoms with Crippen molar-refractivity contribution in [1.29, 1.82) is 0 Å². The Hall–Kier alpha value is -3.54. The van der Waals surface area contributed by atoms with Crippen molar-refractivity contribution in [2.75, 3.05) is 0 Å². The lowest BCUT2D eigenvalue weighted by molar-refractivity contribution is 0.112. The van der Waals surface area contributed by atoms with Gasteiger partial charge >= 0.3 is 0 Å². The molecule has 2 heterocycles. The molecule has 0 amide bonds. The molecule has 0 bridgehead atoms. The quantitative estimate of drug-likeness (QED) is 0.492. The maximum Gasteiger partial charge on any atom is 0.153 e. The first-order chi connectivity index (χ1) is 12.7. The standard InChI is InChI=1S/C20H12F2N2O2/c21-15-5-3-13(4-6-15)17-8-7-16(10-18(17)22)24-20(14(12-25)11-23-24)19-2-1-9-26-19/h1-12H. The van der Waals surface area contributed by atoms with Crippen molar-refractivity contribution in [3.05, 3.63) is 84.3 Å². The minimum Gasteiger partial charge on any atom is -0.463 e. The maximum atomic E-state index is 14.7. The fraction of sp³-hybridized carbons (Fsp3) is 0. The van der Waals surface area contributed by atoms with Crippen molar-refractivity contribution in [3.8, 4) is 28.3 Å². The Labute approximate surface area is 147 Å². The molecule has 0 radical (unpaired) electrons. The third-order valence-electron chi connectivity index (χ3n) is 4.03. The van der Waals surface area contributed by atoms with Gasteiger partial charge in [-0.05, 0) is 42.0 Å². The van der Waals surface area contributed by atoms with Gasteiger partial charge in [-0.1, -0.05) is 12.1 Å². The zero-order valence-electron chi connectivity index (χ0n) is 13.4. The Morgan fingerprint density at radius 1 is 1.04 bits per heavy atom. The highest BCUT2D eigenvalue weighted by atomic mass is 19.1. The molecule has 2 aromatic carbocycles. The second kappa shape index (κ2) is 6.40. The first kappa shape index (κ1) is 16.0. The monoisotopic (exact) mass is 350 g/mol. The van der Waals surface area contributed by atoms with Gasteiger partial charge in [-0.3, -0.25) is 4.79 Å². The lowest BCUT2D eigenvalue weighted by Gasteiger charge is -2.09. The van der Waals surface area contributed by atoms with Gasteiger partial charge in [-0.2, -0.15) is 5.10 Å². The molecule has 0 N–H and O–H groups in total. The van der Waals surface area contributed by atoms with E-state index in [0.29, 0.717) is 40.1 Å². The van der Waals surface area contributed by atoms with Crippen LogP contribution in [0.2, 0.25) is 0 Å². The predicted octanol–water partition coefficient (Wildman–Crippen LogP) is 4.89. The Morgan fingerprint density at radius 3 is 2.50 bits per heavy atom. The third-order valence-corrected chi connectivity index (χ3v) is 4.03. The van der Waals surface area contributed by atoms with Crippen molar-refractivity contribution in [3.63, 3.8) is 0 Å². The van der Waals surface area contributed by atoms with Crippen LogP contribution >= 0.6 is 0 Å². The van der Waals surface area contributed by atoms with Crippen molar-refractivity contribution >= 4 is 6.29 Å². The summed E-state index contributed by atoms with van der Waals surface area (Å²) in [5.41, 5.74) is 2.13. The number of aldehydes is 1. The summed E-state index contributed by atoms with van der Waals surface area (Å²) in [5, 5.41) is 4.18. The second-order valence-electron chi connectivity index (χ2n) is 5.63. The molecule has 0 spiro atoms. The molecule has 0 unspecified atom stereocenters. The largest absolute Gasteiger partial charge is 0.463 e. The molecule has 4 rings (SSSR count). The summed E-state index contributed by atoms with van der Waals surface area (Å²) in [7, 11) is 0. The Balaban J connectivity index is 1.81. The first-order valence-electron chi connectivity index (χ1n) is 7.80. The van der Waals surface area contributed by atoms with Crippen LogP contribution in [-0.4, -0.2) is 16.1 Å². The summed E-state index contributed by atoms with van der Waals surface area (Å²) in [6, 6.07) is 13.6. The molecule has 6 heteroatoms. The van der Waals surface area contributed by atoms with Gasteiger partial charge in [0.2, 0.25) is 0 Å². The number of nitrogens with zero attached hydrogens (tertiary/aromatic N) is 2. The van der Waals surface area contributed by atoms with Crippen LogP contribution in [-0.2, 0) is 0 Å². The Bertz CT molecular complexity index is 1070. The van der Waals surface area contributed by atoms with Crippen molar-refractivity contribution in [1.82, 2.24) is 9.78 Å². The zero-order valence-corrected chi connectivity index (χ0v) is 13.4. The summed E-state index contributed by atoms with van der Waals surface area (Å²) in [4.78, 5) is 11.3. The molecule has 128 valence electrons. The molecular formula is C20H12F2N2O2. The van der Waals surface area contributed by atoms with Crippen LogP contribution in [0.1, 0.15) is 10.4 Å². The molecule has 0 atom stereocenters. The van der Waals surface area contributed by atoms with Gasteiger partial charge in [0.05, 0.1) is 23.7 Å². The van der Waals surface area contributed by atoms with E-state index in [1.165, 1.54) is 47.5 Å². The van der Waals surface area contributed by atoms with Crippen LogP contribution in [0.4, 0.5) is 8.78 Å². The number of hydrogen-bond acceptors (Lipinski definition) is 3. The number of benzene rings is 2.